The number of benzene rings is 3. The highest BCUT2D eigenvalue weighted by Gasteiger charge is 2.19. The lowest BCUT2D eigenvalue weighted by molar-refractivity contribution is 0.422. The summed E-state index contributed by atoms with van der Waals surface area (Å²) < 4.78 is 114. The molecule has 6 heteroatoms. The largest absolute Gasteiger partial charge is 0.528 e. The molecule has 0 bridgehead atoms. The Morgan fingerprint density at radius 2 is 0.963 bits per heavy atom. The SMILES string of the molecule is [2H]c1c([2H])c([2H])c(-c2nc(B(O)O)nc(-c3c([2H])c([2H])c(-c4c([2H])c([2H])c([2H])c([2H])c4[2H])c([2H])c3[2H])n2)c([2H])c1[2H]. The lowest BCUT2D eigenvalue weighted by Crippen LogP contribution is -2.36. The third-order valence-corrected chi connectivity index (χ3v) is 3.21. The summed E-state index contributed by atoms with van der Waals surface area (Å²) in [5, 5.41) is 19.6. The third kappa shape index (κ3) is 3.77. The first kappa shape index (κ1) is 7.35. The fraction of sp³-hybridized carbons (Fsp3) is 0. The van der Waals surface area contributed by atoms with Gasteiger partial charge in [0.15, 0.2) is 17.4 Å². The second-order valence-corrected chi connectivity index (χ2v) is 4.96. The monoisotopic (exact) mass is 367 g/mol. The van der Waals surface area contributed by atoms with Crippen molar-refractivity contribution in [2.75, 3.05) is 0 Å². The predicted octanol–water partition coefficient (Wildman–Crippen LogP) is 2.55. The zero-order valence-corrected chi connectivity index (χ0v) is 13.3. The zero-order chi connectivity index (χ0) is 30.8. The lowest BCUT2D eigenvalue weighted by atomic mass is 9.90. The van der Waals surface area contributed by atoms with Crippen LogP contribution in [-0.4, -0.2) is 32.1 Å². The first-order chi connectivity index (χ1) is 19.0. The smallest absolute Gasteiger partial charge is 0.421 e. The average molecular weight is 367 g/mol. The van der Waals surface area contributed by atoms with Crippen LogP contribution < -0.4 is 5.72 Å². The number of nitrogens with zero attached hydrogens (tertiary/aromatic N) is 3. The molecule has 130 valence electrons. The number of rotatable bonds is 4. The van der Waals surface area contributed by atoms with E-state index in [1.54, 1.807) is 0 Å². The van der Waals surface area contributed by atoms with Gasteiger partial charge in [-0.05, 0) is 11.1 Å². The van der Waals surface area contributed by atoms with Crippen molar-refractivity contribution in [3.05, 3.63) is 84.6 Å². The van der Waals surface area contributed by atoms with E-state index in [0.29, 0.717) is 0 Å². The fourth-order valence-corrected chi connectivity index (χ4v) is 2.02. The Morgan fingerprint density at radius 1 is 0.556 bits per heavy atom. The van der Waals surface area contributed by atoms with Gasteiger partial charge in [0.25, 0.3) is 0 Å². The normalized spacial score (nSPS) is 17.9. The molecule has 0 spiro atoms. The summed E-state index contributed by atoms with van der Waals surface area (Å²) in [4.78, 5) is 11.6. The summed E-state index contributed by atoms with van der Waals surface area (Å²) in [5.74, 6) is -1.34. The molecule has 0 saturated carbocycles. The van der Waals surface area contributed by atoms with Crippen molar-refractivity contribution in [3.8, 4) is 33.9 Å². The quantitative estimate of drug-likeness (QED) is 0.542. The van der Waals surface area contributed by atoms with Gasteiger partial charge in [0.1, 0.15) is 0 Å². The minimum absolute atomic E-state index is 0.562. The van der Waals surface area contributed by atoms with Crippen LogP contribution in [-0.2, 0) is 0 Å². The van der Waals surface area contributed by atoms with Crippen LogP contribution in [0.4, 0.5) is 0 Å². The Morgan fingerprint density at radius 3 is 1.48 bits per heavy atom. The summed E-state index contributed by atoms with van der Waals surface area (Å²) in [6, 6.07) is -10.8. The summed E-state index contributed by atoms with van der Waals surface area (Å²) >= 11 is 0. The van der Waals surface area contributed by atoms with Gasteiger partial charge in [-0.3, -0.25) is 0 Å². The zero-order valence-electron chi connectivity index (χ0n) is 27.3. The molecule has 5 nitrogen and oxygen atoms in total. The van der Waals surface area contributed by atoms with E-state index in [9.17, 15) is 10.0 Å². The molecule has 0 aliphatic heterocycles. The van der Waals surface area contributed by atoms with E-state index in [0.717, 1.165) is 0 Å². The summed E-state index contributed by atoms with van der Waals surface area (Å²) in [6.45, 7) is 0. The molecule has 0 aliphatic carbocycles. The van der Waals surface area contributed by atoms with E-state index in [-0.39, 0.29) is 0 Å². The fourth-order valence-electron chi connectivity index (χ4n) is 2.02. The maximum absolute atomic E-state index is 9.78. The van der Waals surface area contributed by atoms with Crippen molar-refractivity contribution in [2.45, 2.75) is 0 Å². The maximum atomic E-state index is 9.78. The maximum Gasteiger partial charge on any atom is 0.528 e. The van der Waals surface area contributed by atoms with Gasteiger partial charge in [0.2, 0.25) is 0 Å². The molecule has 4 rings (SSSR count). The highest BCUT2D eigenvalue weighted by Crippen LogP contribution is 2.23. The van der Waals surface area contributed by atoms with E-state index in [1.807, 2.05) is 0 Å². The molecule has 0 unspecified atom stereocenters. The van der Waals surface area contributed by atoms with Gasteiger partial charge in [0.05, 0.1) is 19.2 Å². The summed E-state index contributed by atoms with van der Waals surface area (Å²) in [6.07, 6.45) is 0. The van der Waals surface area contributed by atoms with Crippen molar-refractivity contribution in [1.82, 2.24) is 15.0 Å². The van der Waals surface area contributed by atoms with Crippen LogP contribution in [0.3, 0.4) is 0 Å². The molecule has 3 aromatic carbocycles. The van der Waals surface area contributed by atoms with Gasteiger partial charge in [0, 0.05) is 11.1 Å². The van der Waals surface area contributed by atoms with E-state index in [2.05, 4.69) is 15.0 Å². The van der Waals surface area contributed by atoms with E-state index in [1.165, 1.54) is 0 Å². The molecule has 27 heavy (non-hydrogen) atoms. The molecule has 0 radical (unpaired) electrons. The third-order valence-electron chi connectivity index (χ3n) is 3.21. The van der Waals surface area contributed by atoms with Gasteiger partial charge in [-0.2, -0.15) is 0 Å². The van der Waals surface area contributed by atoms with Gasteiger partial charge in [-0.1, -0.05) is 84.6 Å². The second kappa shape index (κ2) is 7.49. The number of hydrogen-bond acceptors (Lipinski definition) is 5. The first-order valence-electron chi connectivity index (χ1n) is 14.4. The Kier molecular flexibility index (Phi) is 2.04. The highest BCUT2D eigenvalue weighted by molar-refractivity contribution is 6.56. The van der Waals surface area contributed by atoms with Crippen molar-refractivity contribution < 1.29 is 29.2 Å². The minimum Gasteiger partial charge on any atom is -0.421 e. The standard InChI is InChI=1S/C21H16BN3O2/c26-22(27)21-24-19(17-9-5-2-6-10-17)23-20(25-21)18-13-11-16(12-14-18)15-7-3-1-4-8-15/h1-14,26-27H/i1D,2D,3D,4D,5D,6D,7D,8D,9D,10D,11D,12D,13D,14D. The summed E-state index contributed by atoms with van der Waals surface area (Å²) in [5.41, 5.74) is -3.19. The van der Waals surface area contributed by atoms with Crippen molar-refractivity contribution in [2.24, 2.45) is 0 Å². The lowest BCUT2D eigenvalue weighted by Gasteiger charge is -2.08. The van der Waals surface area contributed by atoms with E-state index in [4.69, 9.17) is 19.2 Å². The molecule has 4 aromatic rings. The van der Waals surface area contributed by atoms with Crippen LogP contribution >= 0.6 is 0 Å². The van der Waals surface area contributed by atoms with Gasteiger partial charge >= 0.3 is 7.12 Å². The van der Waals surface area contributed by atoms with Crippen LogP contribution in [0.5, 0.6) is 0 Å². The topological polar surface area (TPSA) is 79.1 Å². The van der Waals surface area contributed by atoms with Crippen LogP contribution in [0.2, 0.25) is 0 Å². The average Bonchev–Trinajstić information content (AvgIpc) is 2.93. The van der Waals surface area contributed by atoms with Crippen LogP contribution in [0, 0.1) is 0 Å². The van der Waals surface area contributed by atoms with Crippen LogP contribution in [0.25, 0.3) is 33.9 Å². The minimum atomic E-state index is -2.39. The highest BCUT2D eigenvalue weighted by atomic mass is 16.4. The van der Waals surface area contributed by atoms with Crippen LogP contribution in [0.1, 0.15) is 19.2 Å². The first-order valence-corrected chi connectivity index (χ1v) is 7.40. The van der Waals surface area contributed by atoms with Crippen LogP contribution in [0.15, 0.2) is 84.6 Å². The van der Waals surface area contributed by atoms with Gasteiger partial charge < -0.3 is 10.0 Å². The van der Waals surface area contributed by atoms with Gasteiger partial charge in [-0.25, -0.2) is 15.0 Å². The van der Waals surface area contributed by atoms with Crippen molar-refractivity contribution in [1.29, 1.82) is 0 Å². The Bertz CT molecular complexity index is 1700. The molecule has 0 fully saturated rings. The summed E-state index contributed by atoms with van der Waals surface area (Å²) in [7, 11) is -2.39. The number of hydrogen-bond donors (Lipinski definition) is 2. The molecule has 0 aliphatic rings. The molecular formula is C21H16BN3O2. The molecule has 0 atom stereocenters. The van der Waals surface area contributed by atoms with Crippen molar-refractivity contribution in [3.63, 3.8) is 0 Å². The molecule has 0 saturated heterocycles. The second-order valence-electron chi connectivity index (χ2n) is 4.96. The Balaban J connectivity index is 2.09. The Hall–Kier alpha value is -3.35. The molecule has 1 aromatic heterocycles. The van der Waals surface area contributed by atoms with Crippen molar-refractivity contribution >= 4 is 12.8 Å². The predicted molar refractivity (Wildman–Crippen MR) is 106 cm³/mol. The molecular weight excluding hydrogens is 337 g/mol. The molecule has 2 N–H and O–H groups in total. The molecule has 1 heterocycles. The van der Waals surface area contributed by atoms with Gasteiger partial charge in [-0.15, -0.1) is 0 Å². The number of aromatic nitrogens is 3. The van der Waals surface area contributed by atoms with E-state index < -0.39 is 131 Å². The molecule has 0 amide bonds. The Labute approximate surface area is 176 Å². The van der Waals surface area contributed by atoms with E-state index >= 15 is 0 Å².